The number of carbonyl (C=O) groups excluding carboxylic acids is 1. The molecule has 5 heteroatoms. The largest absolute Gasteiger partial charge is 0.481 e. The summed E-state index contributed by atoms with van der Waals surface area (Å²) in [6, 6.07) is 0. The van der Waals surface area contributed by atoms with Crippen molar-refractivity contribution >= 4 is 17.7 Å². The molecule has 0 radical (unpaired) electrons. The topological polar surface area (TPSA) is 91.7 Å². The molecule has 94 valence electrons. The molecule has 2 aliphatic carbocycles. The Hall–Kier alpha value is -1.39. The maximum Gasteiger partial charge on any atom is 0.314 e. The van der Waals surface area contributed by atoms with Crippen LogP contribution in [0, 0.1) is 23.7 Å². The van der Waals surface area contributed by atoms with Crippen molar-refractivity contribution in [2.45, 2.75) is 32.1 Å². The van der Waals surface area contributed by atoms with Gasteiger partial charge in [-0.15, -0.1) is 0 Å². The summed E-state index contributed by atoms with van der Waals surface area (Å²) in [4.78, 5) is 33.8. The number of hydrogen-bond acceptors (Lipinski definition) is 3. The fourth-order valence-electron chi connectivity index (χ4n) is 3.21. The van der Waals surface area contributed by atoms with Crippen LogP contribution in [-0.2, 0) is 14.4 Å². The van der Waals surface area contributed by atoms with Gasteiger partial charge in [-0.2, -0.15) is 0 Å². The molecular formula is C12H16O5. The first-order valence-electron chi connectivity index (χ1n) is 6.00. The fraction of sp³-hybridized carbons (Fsp3) is 0.750. The Morgan fingerprint density at radius 2 is 1.71 bits per heavy atom. The first kappa shape index (κ1) is 12.1. The summed E-state index contributed by atoms with van der Waals surface area (Å²) < 4.78 is 0. The van der Waals surface area contributed by atoms with Crippen molar-refractivity contribution in [3.05, 3.63) is 0 Å². The lowest BCUT2D eigenvalue weighted by Crippen LogP contribution is -2.42. The van der Waals surface area contributed by atoms with Crippen molar-refractivity contribution in [1.29, 1.82) is 0 Å². The van der Waals surface area contributed by atoms with Gasteiger partial charge in [0.25, 0.3) is 0 Å². The zero-order valence-electron chi connectivity index (χ0n) is 9.46. The van der Waals surface area contributed by atoms with Gasteiger partial charge < -0.3 is 10.2 Å². The zero-order valence-corrected chi connectivity index (χ0v) is 9.46. The Bertz CT molecular complexity index is 362. The number of aliphatic carboxylic acids is 2. The van der Waals surface area contributed by atoms with E-state index in [4.69, 9.17) is 10.2 Å². The van der Waals surface area contributed by atoms with Crippen LogP contribution in [0.4, 0.5) is 0 Å². The van der Waals surface area contributed by atoms with E-state index in [9.17, 15) is 14.4 Å². The molecule has 2 aliphatic rings. The third-order valence-electron chi connectivity index (χ3n) is 4.16. The molecular weight excluding hydrogens is 224 g/mol. The van der Waals surface area contributed by atoms with Gasteiger partial charge in [-0.05, 0) is 38.0 Å². The number of Topliss-reactive ketones (excluding diaryl/α,β-unsaturated/α-hetero) is 1. The number of ketones is 1. The average molecular weight is 240 g/mol. The van der Waals surface area contributed by atoms with Crippen LogP contribution in [0.3, 0.4) is 0 Å². The highest BCUT2D eigenvalue weighted by molar-refractivity contribution is 6.00. The summed E-state index contributed by atoms with van der Waals surface area (Å²) in [5.74, 6) is -3.38. The van der Waals surface area contributed by atoms with E-state index in [0.717, 1.165) is 0 Å². The molecule has 0 amide bonds. The molecule has 2 fully saturated rings. The van der Waals surface area contributed by atoms with Gasteiger partial charge in [-0.1, -0.05) is 0 Å². The van der Waals surface area contributed by atoms with E-state index < -0.39 is 17.9 Å². The Kier molecular flexibility index (Phi) is 3.17. The van der Waals surface area contributed by atoms with E-state index >= 15 is 0 Å². The minimum absolute atomic E-state index is 0.0768. The van der Waals surface area contributed by atoms with Crippen molar-refractivity contribution in [3.8, 4) is 0 Å². The standard InChI is InChI=1S/C12H16O5/c13-10-8-3-2-7(11(14)15)5-6(8)1-4-9(10)12(16)17/h6-9H,1-5H2,(H,14,15)(H,16,17). The van der Waals surface area contributed by atoms with E-state index in [-0.39, 0.29) is 23.5 Å². The fourth-order valence-corrected chi connectivity index (χ4v) is 3.21. The van der Waals surface area contributed by atoms with Gasteiger partial charge in [0.1, 0.15) is 11.7 Å². The first-order chi connectivity index (χ1) is 8.00. The van der Waals surface area contributed by atoms with Gasteiger partial charge in [0.15, 0.2) is 0 Å². The number of fused-ring (bicyclic) bond motifs is 1. The highest BCUT2D eigenvalue weighted by Gasteiger charge is 2.45. The Balaban J connectivity index is 2.07. The molecule has 0 spiro atoms. The minimum Gasteiger partial charge on any atom is -0.481 e. The highest BCUT2D eigenvalue weighted by atomic mass is 16.4. The van der Waals surface area contributed by atoms with Gasteiger partial charge in [0, 0.05) is 5.92 Å². The summed E-state index contributed by atoms with van der Waals surface area (Å²) in [6.45, 7) is 0. The molecule has 0 aromatic rings. The SMILES string of the molecule is O=C(O)C1CCC2C(=O)C(C(=O)O)CCC2C1. The average Bonchev–Trinajstić information content (AvgIpc) is 2.28. The van der Waals surface area contributed by atoms with Crippen LogP contribution < -0.4 is 0 Å². The van der Waals surface area contributed by atoms with Gasteiger partial charge in [-0.3, -0.25) is 14.4 Å². The van der Waals surface area contributed by atoms with E-state index in [1.807, 2.05) is 0 Å². The van der Waals surface area contributed by atoms with E-state index in [2.05, 4.69) is 0 Å². The van der Waals surface area contributed by atoms with E-state index in [1.54, 1.807) is 0 Å². The number of carbonyl (C=O) groups is 3. The summed E-state index contributed by atoms with van der Waals surface area (Å²) in [6.07, 6.45) is 2.58. The van der Waals surface area contributed by atoms with Crippen molar-refractivity contribution in [2.24, 2.45) is 23.7 Å². The molecule has 2 saturated carbocycles. The quantitative estimate of drug-likeness (QED) is 0.707. The minimum atomic E-state index is -1.03. The van der Waals surface area contributed by atoms with Crippen molar-refractivity contribution in [3.63, 3.8) is 0 Å². The van der Waals surface area contributed by atoms with Crippen LogP contribution in [0.15, 0.2) is 0 Å². The molecule has 17 heavy (non-hydrogen) atoms. The lowest BCUT2D eigenvalue weighted by Gasteiger charge is -2.38. The maximum absolute atomic E-state index is 11.9. The molecule has 2 N–H and O–H groups in total. The monoisotopic (exact) mass is 240 g/mol. The van der Waals surface area contributed by atoms with Crippen LogP contribution in [0.2, 0.25) is 0 Å². The predicted octanol–water partition coefficient (Wildman–Crippen LogP) is 1.17. The van der Waals surface area contributed by atoms with Crippen molar-refractivity contribution in [2.75, 3.05) is 0 Å². The second-order valence-corrected chi connectivity index (χ2v) is 5.09. The van der Waals surface area contributed by atoms with Gasteiger partial charge in [0.05, 0.1) is 5.92 Å². The van der Waals surface area contributed by atoms with Gasteiger partial charge in [0.2, 0.25) is 0 Å². The van der Waals surface area contributed by atoms with Crippen molar-refractivity contribution in [1.82, 2.24) is 0 Å². The van der Waals surface area contributed by atoms with E-state index in [0.29, 0.717) is 32.1 Å². The molecule has 0 aromatic heterocycles. The second kappa shape index (κ2) is 4.47. The molecule has 2 rings (SSSR count). The summed E-state index contributed by atoms with van der Waals surface area (Å²) >= 11 is 0. The van der Waals surface area contributed by atoms with Crippen molar-refractivity contribution < 1.29 is 24.6 Å². The van der Waals surface area contributed by atoms with Crippen LogP contribution in [0.5, 0.6) is 0 Å². The Morgan fingerprint density at radius 3 is 2.29 bits per heavy atom. The number of rotatable bonds is 2. The van der Waals surface area contributed by atoms with Crippen LogP contribution in [0.25, 0.3) is 0 Å². The Labute approximate surface area is 98.8 Å². The normalized spacial score (nSPS) is 37.3. The lowest BCUT2D eigenvalue weighted by molar-refractivity contribution is -0.154. The summed E-state index contributed by atoms with van der Waals surface area (Å²) in [5.41, 5.74) is 0. The third kappa shape index (κ3) is 2.18. The van der Waals surface area contributed by atoms with Crippen LogP contribution in [-0.4, -0.2) is 27.9 Å². The molecule has 0 saturated heterocycles. The second-order valence-electron chi connectivity index (χ2n) is 5.09. The molecule has 0 heterocycles. The highest BCUT2D eigenvalue weighted by Crippen LogP contribution is 2.42. The van der Waals surface area contributed by atoms with Gasteiger partial charge in [-0.25, -0.2) is 0 Å². The Morgan fingerprint density at radius 1 is 1.00 bits per heavy atom. The molecule has 4 atom stereocenters. The molecule has 0 aromatic carbocycles. The zero-order chi connectivity index (χ0) is 12.6. The maximum atomic E-state index is 11.9. The lowest BCUT2D eigenvalue weighted by atomic mass is 9.64. The first-order valence-corrected chi connectivity index (χ1v) is 6.00. The third-order valence-corrected chi connectivity index (χ3v) is 4.16. The van der Waals surface area contributed by atoms with E-state index in [1.165, 1.54) is 0 Å². The molecule has 4 unspecified atom stereocenters. The van der Waals surface area contributed by atoms with Crippen LogP contribution in [0.1, 0.15) is 32.1 Å². The smallest absolute Gasteiger partial charge is 0.314 e. The summed E-state index contributed by atoms with van der Waals surface area (Å²) in [7, 11) is 0. The number of carboxylic acid groups (broad SMARTS) is 2. The predicted molar refractivity (Wildman–Crippen MR) is 57.3 cm³/mol. The van der Waals surface area contributed by atoms with Gasteiger partial charge >= 0.3 is 11.9 Å². The molecule has 0 bridgehead atoms. The summed E-state index contributed by atoms with van der Waals surface area (Å²) in [5, 5.41) is 17.9. The molecule has 0 aliphatic heterocycles. The van der Waals surface area contributed by atoms with Crippen LogP contribution >= 0.6 is 0 Å². The number of carboxylic acids is 2. The molecule has 5 nitrogen and oxygen atoms in total. The number of hydrogen-bond donors (Lipinski definition) is 2.